The van der Waals surface area contributed by atoms with E-state index in [4.69, 9.17) is 0 Å². The van der Waals surface area contributed by atoms with Gasteiger partial charge >= 0.3 is 11.9 Å². The highest BCUT2D eigenvalue weighted by molar-refractivity contribution is 5.86. The number of aromatic hydroxyl groups is 4. The number of aliphatic carboxylic acids is 2. The van der Waals surface area contributed by atoms with Crippen molar-refractivity contribution in [3.05, 3.63) is 154 Å². The minimum atomic E-state index is -1.30. The number of phenolic OH excluding ortho intramolecular Hbond substituents is 4. The maximum Gasteiger partial charge on any atom is 0.318 e. The van der Waals surface area contributed by atoms with Crippen molar-refractivity contribution in [2.45, 2.75) is 38.0 Å². The van der Waals surface area contributed by atoms with E-state index in [0.717, 1.165) is 5.56 Å². The van der Waals surface area contributed by atoms with E-state index in [-0.39, 0.29) is 23.0 Å². The van der Waals surface area contributed by atoms with Crippen LogP contribution < -0.4 is 0 Å². The number of carboxylic acids is 2. The molecule has 0 radical (unpaired) electrons. The largest absolute Gasteiger partial charge is 0.508 e. The minimum Gasteiger partial charge on any atom is -0.508 e. The summed E-state index contributed by atoms with van der Waals surface area (Å²) in [5, 5.41) is 58.0. The molecule has 5 aromatic carbocycles. The number of phenols is 4. The van der Waals surface area contributed by atoms with Gasteiger partial charge in [-0.15, -0.1) is 0 Å². The molecule has 236 valence electrons. The smallest absolute Gasteiger partial charge is 0.318 e. The zero-order valence-corrected chi connectivity index (χ0v) is 25.5. The maximum atomic E-state index is 12.7. The quantitative estimate of drug-likeness (QED) is 0.103. The van der Waals surface area contributed by atoms with E-state index < -0.39 is 23.3 Å². The summed E-state index contributed by atoms with van der Waals surface area (Å²) in [6.07, 6.45) is 0.924. The normalized spacial score (nSPS) is 11.0. The van der Waals surface area contributed by atoms with Crippen molar-refractivity contribution in [2.75, 3.05) is 0 Å². The molecule has 0 heterocycles. The third-order valence-corrected chi connectivity index (χ3v) is 8.08. The lowest BCUT2D eigenvalue weighted by atomic mass is 9.70. The van der Waals surface area contributed by atoms with Crippen LogP contribution in [0.3, 0.4) is 0 Å². The van der Waals surface area contributed by atoms with Crippen molar-refractivity contribution in [1.29, 1.82) is 0 Å². The molecule has 5 aromatic rings. The molecular weight excluding hydrogens is 584 g/mol. The third-order valence-electron chi connectivity index (χ3n) is 8.08. The second kappa shape index (κ2) is 14.3. The van der Waals surface area contributed by atoms with Gasteiger partial charge in [0, 0.05) is 0 Å². The van der Waals surface area contributed by atoms with Gasteiger partial charge in [-0.2, -0.15) is 0 Å². The number of carbonyl (C=O) groups is 2. The highest BCUT2D eigenvalue weighted by atomic mass is 16.4. The van der Waals surface area contributed by atoms with Gasteiger partial charge in [-0.3, -0.25) is 9.59 Å². The van der Waals surface area contributed by atoms with Crippen molar-refractivity contribution in [2.24, 2.45) is 0 Å². The summed E-state index contributed by atoms with van der Waals surface area (Å²) >= 11 is 0. The maximum absolute atomic E-state index is 12.7. The Kier molecular flexibility index (Phi) is 10.3. The van der Waals surface area contributed by atoms with Crippen LogP contribution in [0.4, 0.5) is 0 Å². The first-order valence-electron chi connectivity index (χ1n) is 14.6. The molecule has 0 amide bonds. The fourth-order valence-corrected chi connectivity index (χ4v) is 5.44. The lowest BCUT2D eigenvalue weighted by molar-refractivity contribution is -0.142. The van der Waals surface area contributed by atoms with Gasteiger partial charge in [0.25, 0.3) is 0 Å². The van der Waals surface area contributed by atoms with Crippen LogP contribution in [-0.2, 0) is 21.4 Å². The van der Waals surface area contributed by atoms with Crippen molar-refractivity contribution in [1.82, 2.24) is 0 Å². The lowest BCUT2D eigenvalue weighted by Gasteiger charge is -2.32. The Hall–Kier alpha value is -5.76. The first-order chi connectivity index (χ1) is 21.9. The predicted molar refractivity (Wildman–Crippen MR) is 175 cm³/mol. The molecule has 0 spiro atoms. The molecule has 5 rings (SSSR count). The van der Waals surface area contributed by atoms with Gasteiger partial charge in [0.2, 0.25) is 0 Å². The van der Waals surface area contributed by atoms with Gasteiger partial charge in [-0.05, 0) is 102 Å². The molecule has 0 atom stereocenters. The molecule has 0 fully saturated rings. The van der Waals surface area contributed by atoms with Crippen LogP contribution in [0, 0.1) is 13.8 Å². The van der Waals surface area contributed by atoms with E-state index in [1.165, 1.54) is 36.4 Å². The van der Waals surface area contributed by atoms with E-state index in [0.29, 0.717) is 46.2 Å². The highest BCUT2D eigenvalue weighted by Crippen LogP contribution is 2.40. The molecule has 46 heavy (non-hydrogen) atoms. The molecule has 0 aliphatic carbocycles. The monoisotopic (exact) mass is 620 g/mol. The standard InChI is InChI=1S/C24H24O4.C14H12O4/c1-16-14-19(8-10-21(16)25)24(23(27)28,13-12-18-6-4-3-5-7-18)20-9-11-22(26)17(2)15-20;15-11-5-1-9(2-6-11)13(14(17)18)10-3-7-12(16)8-4-10/h3-11,14-15,25-26H,12-13H2,1-2H3,(H,27,28);1-8,13,15-16H,(H,17,18). The molecule has 0 aliphatic rings. The Morgan fingerprint density at radius 3 is 1.41 bits per heavy atom. The van der Waals surface area contributed by atoms with E-state index >= 15 is 0 Å². The number of hydrogen-bond donors (Lipinski definition) is 6. The van der Waals surface area contributed by atoms with E-state index in [1.807, 2.05) is 30.3 Å². The molecule has 8 heteroatoms. The Balaban J connectivity index is 0.000000230. The van der Waals surface area contributed by atoms with Gasteiger partial charge < -0.3 is 30.6 Å². The molecule has 8 nitrogen and oxygen atoms in total. The second-order valence-corrected chi connectivity index (χ2v) is 11.2. The zero-order valence-electron chi connectivity index (χ0n) is 25.5. The number of benzene rings is 5. The SMILES string of the molecule is Cc1cc(C(CCc2ccccc2)(C(=O)O)c2ccc(O)c(C)c2)ccc1O.O=C(O)C(c1ccc(O)cc1)c1ccc(O)cc1. The minimum absolute atomic E-state index is 0.0913. The predicted octanol–water partition coefficient (Wildman–Crippen LogP) is 7.03. The van der Waals surface area contributed by atoms with Crippen molar-refractivity contribution in [3.63, 3.8) is 0 Å². The molecule has 0 unspecified atom stereocenters. The van der Waals surface area contributed by atoms with Crippen LogP contribution in [-0.4, -0.2) is 42.6 Å². The van der Waals surface area contributed by atoms with E-state index in [1.54, 1.807) is 62.4 Å². The average molecular weight is 621 g/mol. The second-order valence-electron chi connectivity index (χ2n) is 11.2. The van der Waals surface area contributed by atoms with Crippen LogP contribution in [0.5, 0.6) is 23.0 Å². The van der Waals surface area contributed by atoms with Crippen molar-refractivity contribution >= 4 is 11.9 Å². The molecular formula is C38H36O8. The van der Waals surface area contributed by atoms with Crippen LogP contribution in [0.1, 0.15) is 51.3 Å². The molecule has 0 aliphatic heterocycles. The van der Waals surface area contributed by atoms with Gasteiger partial charge in [0.15, 0.2) is 0 Å². The summed E-state index contributed by atoms with van der Waals surface area (Å²) in [4.78, 5) is 24.1. The summed E-state index contributed by atoms with van der Waals surface area (Å²) in [5.74, 6) is -2.31. The number of rotatable bonds is 9. The first-order valence-corrected chi connectivity index (χ1v) is 14.6. The molecule has 6 N–H and O–H groups in total. The molecule has 0 saturated heterocycles. The number of hydrogen-bond acceptors (Lipinski definition) is 6. The Labute approximate surface area is 267 Å². The third kappa shape index (κ3) is 7.47. The van der Waals surface area contributed by atoms with Crippen LogP contribution in [0.2, 0.25) is 0 Å². The number of carboxylic acid groups (broad SMARTS) is 2. The van der Waals surface area contributed by atoms with Gasteiger partial charge in [0.1, 0.15) is 34.3 Å². The number of aryl methyl sites for hydroxylation is 3. The average Bonchev–Trinajstić information content (AvgIpc) is 3.03. The Bertz CT molecular complexity index is 1700. The van der Waals surface area contributed by atoms with Gasteiger partial charge in [-0.1, -0.05) is 78.9 Å². The fraction of sp³-hybridized carbons (Fsp3) is 0.158. The summed E-state index contributed by atoms with van der Waals surface area (Å²) in [6, 6.07) is 31.7. The van der Waals surface area contributed by atoms with E-state index in [2.05, 4.69) is 0 Å². The topological polar surface area (TPSA) is 156 Å². The first kappa shape index (κ1) is 33.1. The lowest BCUT2D eigenvalue weighted by Crippen LogP contribution is -2.38. The highest BCUT2D eigenvalue weighted by Gasteiger charge is 2.42. The molecule has 0 bridgehead atoms. The molecule has 0 aromatic heterocycles. The van der Waals surface area contributed by atoms with Gasteiger partial charge in [-0.25, -0.2) is 0 Å². The summed E-state index contributed by atoms with van der Waals surface area (Å²) in [6.45, 7) is 3.51. The Morgan fingerprint density at radius 1 is 0.609 bits per heavy atom. The summed E-state index contributed by atoms with van der Waals surface area (Å²) in [5.41, 5.74) is 3.37. The fourth-order valence-electron chi connectivity index (χ4n) is 5.44. The zero-order chi connectivity index (χ0) is 33.4. The van der Waals surface area contributed by atoms with Crippen LogP contribution >= 0.6 is 0 Å². The Morgan fingerprint density at radius 2 is 1.04 bits per heavy atom. The molecule has 0 saturated carbocycles. The summed E-state index contributed by atoms with van der Waals surface area (Å²) < 4.78 is 0. The van der Waals surface area contributed by atoms with Crippen molar-refractivity contribution in [3.8, 4) is 23.0 Å². The van der Waals surface area contributed by atoms with Gasteiger partial charge in [0.05, 0.1) is 0 Å². The van der Waals surface area contributed by atoms with Crippen LogP contribution in [0.15, 0.2) is 115 Å². The van der Waals surface area contributed by atoms with Crippen molar-refractivity contribution < 1.29 is 40.2 Å². The van der Waals surface area contributed by atoms with E-state index in [9.17, 15) is 40.2 Å². The van der Waals surface area contributed by atoms with Crippen LogP contribution in [0.25, 0.3) is 0 Å². The summed E-state index contributed by atoms with van der Waals surface area (Å²) in [7, 11) is 0.